The van der Waals surface area contributed by atoms with Gasteiger partial charge in [-0.25, -0.2) is 0 Å². The maximum Gasteiger partial charge on any atom is 0.123 e. The molecule has 0 aromatic heterocycles. The summed E-state index contributed by atoms with van der Waals surface area (Å²) < 4.78 is 0. The minimum atomic E-state index is 0.325. The van der Waals surface area contributed by atoms with E-state index >= 15 is 0 Å². The quantitative estimate of drug-likeness (QED) is 0.563. The van der Waals surface area contributed by atoms with E-state index in [0.717, 1.165) is 23.1 Å². The van der Waals surface area contributed by atoms with Crippen molar-refractivity contribution in [3.05, 3.63) is 77.4 Å². The van der Waals surface area contributed by atoms with Crippen LogP contribution < -0.4 is 0 Å². The first-order chi connectivity index (χ1) is 12.0. The molecule has 128 valence electrons. The second-order valence-corrected chi connectivity index (χ2v) is 7.02. The van der Waals surface area contributed by atoms with Crippen LogP contribution in [0.4, 0.5) is 0 Å². The first-order valence-corrected chi connectivity index (χ1v) is 9.03. The molecule has 0 spiro atoms. The number of hydrogen-bond donors (Lipinski definition) is 1. The van der Waals surface area contributed by atoms with Crippen molar-refractivity contribution in [2.24, 2.45) is 0 Å². The highest BCUT2D eigenvalue weighted by molar-refractivity contribution is 5.79. The number of phenolic OH excluding ortho intramolecular Hbond substituents is 1. The fourth-order valence-electron chi connectivity index (χ4n) is 3.20. The van der Waals surface area contributed by atoms with Gasteiger partial charge in [-0.2, -0.15) is 0 Å². The van der Waals surface area contributed by atoms with Gasteiger partial charge in [-0.1, -0.05) is 74.9 Å². The standard InChI is InChI=1S/C24H26O/c1-5-18-10-11-20(16(2)3)14-22(18)21-12-13-24(25)23(15-21)19-8-6-17(4)7-9-19/h6-16,25H,5H2,1-4H3. The van der Waals surface area contributed by atoms with Gasteiger partial charge in [0.1, 0.15) is 5.75 Å². The number of benzene rings is 3. The molecule has 0 radical (unpaired) electrons. The predicted octanol–water partition coefficient (Wildman–Crippen LogP) is 6.72. The third-order valence-corrected chi connectivity index (χ3v) is 4.85. The van der Waals surface area contributed by atoms with Crippen molar-refractivity contribution in [2.45, 2.75) is 40.0 Å². The van der Waals surface area contributed by atoms with Crippen LogP contribution in [0.1, 0.15) is 43.4 Å². The van der Waals surface area contributed by atoms with E-state index in [0.29, 0.717) is 11.7 Å². The Morgan fingerprint density at radius 3 is 2.12 bits per heavy atom. The van der Waals surface area contributed by atoms with Crippen molar-refractivity contribution in [2.75, 3.05) is 0 Å². The molecule has 0 aliphatic carbocycles. The van der Waals surface area contributed by atoms with E-state index in [1.165, 1.54) is 22.3 Å². The Labute approximate surface area is 151 Å². The van der Waals surface area contributed by atoms with Crippen LogP contribution in [0.3, 0.4) is 0 Å². The molecule has 0 saturated heterocycles. The molecule has 0 unspecified atom stereocenters. The van der Waals surface area contributed by atoms with E-state index in [9.17, 15) is 5.11 Å². The molecule has 1 N–H and O–H groups in total. The lowest BCUT2D eigenvalue weighted by Gasteiger charge is -2.15. The zero-order chi connectivity index (χ0) is 18.0. The summed E-state index contributed by atoms with van der Waals surface area (Å²) >= 11 is 0. The molecule has 0 bridgehead atoms. The van der Waals surface area contributed by atoms with Crippen molar-refractivity contribution in [1.29, 1.82) is 0 Å². The van der Waals surface area contributed by atoms with E-state index in [-0.39, 0.29) is 0 Å². The Hall–Kier alpha value is -2.54. The number of hydrogen-bond acceptors (Lipinski definition) is 1. The lowest BCUT2D eigenvalue weighted by molar-refractivity contribution is 0.477. The van der Waals surface area contributed by atoms with E-state index in [1.54, 1.807) is 0 Å². The average Bonchev–Trinajstić information content (AvgIpc) is 2.62. The summed E-state index contributed by atoms with van der Waals surface area (Å²) in [6, 6.07) is 21.0. The predicted molar refractivity (Wildman–Crippen MR) is 107 cm³/mol. The Morgan fingerprint density at radius 1 is 0.800 bits per heavy atom. The molecule has 1 nitrogen and oxygen atoms in total. The van der Waals surface area contributed by atoms with E-state index in [2.05, 4.69) is 76.2 Å². The summed E-state index contributed by atoms with van der Waals surface area (Å²) in [6.07, 6.45) is 0.994. The van der Waals surface area contributed by atoms with Gasteiger partial charge in [0.15, 0.2) is 0 Å². The van der Waals surface area contributed by atoms with Crippen LogP contribution in [0, 0.1) is 6.92 Å². The fraction of sp³-hybridized carbons (Fsp3) is 0.250. The molecule has 3 rings (SSSR count). The zero-order valence-corrected chi connectivity index (χ0v) is 15.5. The lowest BCUT2D eigenvalue weighted by atomic mass is 9.90. The minimum Gasteiger partial charge on any atom is -0.507 e. The molecule has 0 amide bonds. The molecule has 1 heteroatoms. The fourth-order valence-corrected chi connectivity index (χ4v) is 3.20. The second kappa shape index (κ2) is 7.14. The molecule has 25 heavy (non-hydrogen) atoms. The SMILES string of the molecule is CCc1ccc(C(C)C)cc1-c1ccc(O)c(-c2ccc(C)cc2)c1. The maximum atomic E-state index is 10.4. The molecule has 0 aliphatic heterocycles. The average molecular weight is 330 g/mol. The van der Waals surface area contributed by atoms with Gasteiger partial charge in [0.05, 0.1) is 0 Å². The molecule has 0 saturated carbocycles. The highest BCUT2D eigenvalue weighted by Gasteiger charge is 2.11. The van der Waals surface area contributed by atoms with Crippen LogP contribution >= 0.6 is 0 Å². The van der Waals surface area contributed by atoms with Crippen LogP contribution in [-0.2, 0) is 6.42 Å². The van der Waals surface area contributed by atoms with Crippen molar-refractivity contribution in [3.63, 3.8) is 0 Å². The first-order valence-electron chi connectivity index (χ1n) is 9.03. The maximum absolute atomic E-state index is 10.4. The molecular formula is C24H26O. The largest absolute Gasteiger partial charge is 0.507 e. The molecule has 3 aromatic carbocycles. The number of phenols is 1. The van der Waals surface area contributed by atoms with Crippen LogP contribution in [0.15, 0.2) is 60.7 Å². The Kier molecular flexibility index (Phi) is 4.94. The molecule has 0 atom stereocenters. The minimum absolute atomic E-state index is 0.325. The van der Waals surface area contributed by atoms with Crippen LogP contribution in [0.2, 0.25) is 0 Å². The van der Waals surface area contributed by atoms with Gasteiger partial charge < -0.3 is 5.11 Å². The smallest absolute Gasteiger partial charge is 0.123 e. The molecular weight excluding hydrogens is 304 g/mol. The van der Waals surface area contributed by atoms with Gasteiger partial charge in [-0.15, -0.1) is 0 Å². The Balaban J connectivity index is 2.14. The lowest BCUT2D eigenvalue weighted by Crippen LogP contribution is -1.94. The first kappa shape index (κ1) is 17.3. The summed E-state index contributed by atoms with van der Waals surface area (Å²) in [6.45, 7) is 8.71. The highest BCUT2D eigenvalue weighted by atomic mass is 16.3. The molecule has 0 heterocycles. The molecule has 3 aromatic rings. The summed E-state index contributed by atoms with van der Waals surface area (Å²) in [5.74, 6) is 0.823. The second-order valence-electron chi connectivity index (χ2n) is 7.02. The third-order valence-electron chi connectivity index (χ3n) is 4.85. The Bertz CT molecular complexity index is 873. The van der Waals surface area contributed by atoms with Crippen molar-refractivity contribution in [1.82, 2.24) is 0 Å². The van der Waals surface area contributed by atoms with Crippen molar-refractivity contribution < 1.29 is 5.11 Å². The number of rotatable bonds is 4. The van der Waals surface area contributed by atoms with Crippen LogP contribution in [-0.4, -0.2) is 5.11 Å². The normalized spacial score (nSPS) is 11.1. The number of aryl methyl sites for hydroxylation is 2. The Morgan fingerprint density at radius 2 is 1.48 bits per heavy atom. The van der Waals surface area contributed by atoms with Gasteiger partial charge in [0.2, 0.25) is 0 Å². The van der Waals surface area contributed by atoms with E-state index < -0.39 is 0 Å². The van der Waals surface area contributed by atoms with Crippen LogP contribution in [0.5, 0.6) is 5.75 Å². The summed E-state index contributed by atoms with van der Waals surface area (Å²) in [5, 5.41) is 10.4. The van der Waals surface area contributed by atoms with Crippen molar-refractivity contribution in [3.8, 4) is 28.0 Å². The summed E-state index contributed by atoms with van der Waals surface area (Å²) in [4.78, 5) is 0. The van der Waals surface area contributed by atoms with Gasteiger partial charge in [-0.05, 0) is 59.2 Å². The van der Waals surface area contributed by atoms with E-state index in [4.69, 9.17) is 0 Å². The highest BCUT2D eigenvalue weighted by Crippen LogP contribution is 2.36. The topological polar surface area (TPSA) is 20.2 Å². The van der Waals surface area contributed by atoms with Crippen molar-refractivity contribution >= 4 is 0 Å². The summed E-state index contributed by atoms with van der Waals surface area (Å²) in [7, 11) is 0. The van der Waals surface area contributed by atoms with Gasteiger partial charge >= 0.3 is 0 Å². The monoisotopic (exact) mass is 330 g/mol. The summed E-state index contributed by atoms with van der Waals surface area (Å²) in [5.41, 5.74) is 8.26. The van der Waals surface area contributed by atoms with E-state index in [1.807, 2.05) is 12.1 Å². The molecule has 0 fully saturated rings. The van der Waals surface area contributed by atoms with Gasteiger partial charge in [-0.3, -0.25) is 0 Å². The van der Waals surface area contributed by atoms with Crippen LogP contribution in [0.25, 0.3) is 22.3 Å². The number of aromatic hydroxyl groups is 1. The van der Waals surface area contributed by atoms with Gasteiger partial charge in [0.25, 0.3) is 0 Å². The third kappa shape index (κ3) is 3.61. The zero-order valence-electron chi connectivity index (χ0n) is 15.5. The van der Waals surface area contributed by atoms with Gasteiger partial charge in [0, 0.05) is 5.56 Å². The molecule has 0 aliphatic rings.